The topological polar surface area (TPSA) is 37.4 Å². The van der Waals surface area contributed by atoms with Crippen LogP contribution in [0.5, 0.6) is 0 Å². The van der Waals surface area contributed by atoms with Gasteiger partial charge in [-0.25, -0.2) is 0 Å². The molecule has 2 aromatic carbocycles. The molecule has 2 rings (SSSR count). The largest absolute Gasteiger partial charge is 0.332 e. The van der Waals surface area contributed by atoms with Crippen molar-refractivity contribution >= 4 is 11.7 Å². The number of benzene rings is 2. The van der Waals surface area contributed by atoms with Crippen molar-refractivity contribution in [1.82, 2.24) is 4.90 Å². The molecular formula is C18H19NO2. The van der Waals surface area contributed by atoms with E-state index in [9.17, 15) is 9.59 Å². The number of hydrogen-bond donors (Lipinski definition) is 0. The van der Waals surface area contributed by atoms with Gasteiger partial charge < -0.3 is 4.90 Å². The van der Waals surface area contributed by atoms with Crippen LogP contribution in [-0.4, -0.2) is 29.7 Å². The number of aryl methyl sites for hydroxylation is 1. The monoisotopic (exact) mass is 281 g/mol. The molecule has 3 heteroatoms. The first kappa shape index (κ1) is 15.0. The summed E-state index contributed by atoms with van der Waals surface area (Å²) in [5.74, 6) is -0.203. The SMILES string of the molecule is Cc1ccc(C(=O)C(C)N(C)C(=O)c2ccccc2)cc1. The highest BCUT2D eigenvalue weighted by Crippen LogP contribution is 2.12. The first-order valence-corrected chi connectivity index (χ1v) is 6.94. The summed E-state index contributed by atoms with van der Waals surface area (Å²) in [7, 11) is 1.66. The number of likely N-dealkylation sites (N-methyl/N-ethyl adjacent to an activating group) is 1. The molecule has 0 aliphatic rings. The lowest BCUT2D eigenvalue weighted by Gasteiger charge is -2.24. The molecule has 3 nitrogen and oxygen atoms in total. The van der Waals surface area contributed by atoms with Crippen molar-refractivity contribution in [3.8, 4) is 0 Å². The van der Waals surface area contributed by atoms with Crippen LogP contribution < -0.4 is 0 Å². The van der Waals surface area contributed by atoms with Crippen LogP contribution in [0.15, 0.2) is 54.6 Å². The Bertz CT molecular complexity index is 632. The van der Waals surface area contributed by atoms with Crippen LogP contribution in [0, 0.1) is 6.92 Å². The molecule has 0 bridgehead atoms. The second kappa shape index (κ2) is 6.35. The molecule has 0 aliphatic carbocycles. The Balaban J connectivity index is 2.15. The lowest BCUT2D eigenvalue weighted by atomic mass is 10.0. The van der Waals surface area contributed by atoms with Crippen LogP contribution in [-0.2, 0) is 0 Å². The standard InChI is InChI=1S/C18H19NO2/c1-13-9-11-15(12-10-13)17(20)14(2)19(3)18(21)16-7-5-4-6-8-16/h4-12,14H,1-3H3. The highest BCUT2D eigenvalue weighted by Gasteiger charge is 2.24. The van der Waals surface area contributed by atoms with Gasteiger partial charge in [-0.15, -0.1) is 0 Å². The molecule has 0 N–H and O–H groups in total. The minimum Gasteiger partial charge on any atom is -0.332 e. The lowest BCUT2D eigenvalue weighted by molar-refractivity contribution is 0.0675. The maximum Gasteiger partial charge on any atom is 0.254 e. The van der Waals surface area contributed by atoms with Crippen LogP contribution in [0.25, 0.3) is 0 Å². The third-order valence-corrected chi connectivity index (χ3v) is 3.64. The van der Waals surface area contributed by atoms with E-state index in [2.05, 4.69) is 0 Å². The van der Waals surface area contributed by atoms with E-state index in [1.807, 2.05) is 37.3 Å². The summed E-state index contributed by atoms with van der Waals surface area (Å²) in [6.07, 6.45) is 0. The number of carbonyl (C=O) groups excluding carboxylic acids is 2. The number of nitrogens with zero attached hydrogens (tertiary/aromatic N) is 1. The lowest BCUT2D eigenvalue weighted by Crippen LogP contribution is -2.40. The van der Waals surface area contributed by atoms with E-state index in [1.54, 1.807) is 38.2 Å². The van der Waals surface area contributed by atoms with Gasteiger partial charge in [0, 0.05) is 18.2 Å². The van der Waals surface area contributed by atoms with Gasteiger partial charge in [-0.2, -0.15) is 0 Å². The summed E-state index contributed by atoms with van der Waals surface area (Å²) < 4.78 is 0. The molecule has 0 fully saturated rings. The Morgan fingerprint density at radius 1 is 0.905 bits per heavy atom. The van der Waals surface area contributed by atoms with E-state index < -0.39 is 6.04 Å². The molecule has 2 aromatic rings. The Kier molecular flexibility index (Phi) is 4.53. The van der Waals surface area contributed by atoms with Crippen molar-refractivity contribution in [1.29, 1.82) is 0 Å². The number of ketones is 1. The van der Waals surface area contributed by atoms with Gasteiger partial charge in [0.25, 0.3) is 5.91 Å². The van der Waals surface area contributed by atoms with Crippen molar-refractivity contribution in [3.05, 3.63) is 71.3 Å². The fourth-order valence-corrected chi connectivity index (χ4v) is 2.10. The first-order valence-electron chi connectivity index (χ1n) is 6.94. The quantitative estimate of drug-likeness (QED) is 0.806. The van der Waals surface area contributed by atoms with E-state index in [0.717, 1.165) is 5.56 Å². The second-order valence-corrected chi connectivity index (χ2v) is 5.19. The van der Waals surface area contributed by atoms with E-state index in [4.69, 9.17) is 0 Å². The molecule has 0 heterocycles. The van der Waals surface area contributed by atoms with Crippen molar-refractivity contribution in [2.45, 2.75) is 19.9 Å². The Morgan fingerprint density at radius 3 is 2.05 bits per heavy atom. The number of Topliss-reactive ketones (excluding diaryl/α,β-unsaturated/α-hetero) is 1. The van der Waals surface area contributed by atoms with Crippen molar-refractivity contribution < 1.29 is 9.59 Å². The number of carbonyl (C=O) groups is 2. The second-order valence-electron chi connectivity index (χ2n) is 5.19. The molecule has 0 saturated carbocycles. The summed E-state index contributed by atoms with van der Waals surface area (Å²) in [5.41, 5.74) is 2.32. The van der Waals surface area contributed by atoms with Gasteiger partial charge in [-0.1, -0.05) is 48.0 Å². The van der Waals surface area contributed by atoms with Crippen LogP contribution in [0.2, 0.25) is 0 Å². The normalized spacial score (nSPS) is 11.8. The smallest absolute Gasteiger partial charge is 0.254 e. The summed E-state index contributed by atoms with van der Waals surface area (Å²) in [5, 5.41) is 0. The average Bonchev–Trinajstić information content (AvgIpc) is 2.53. The molecule has 0 aliphatic heterocycles. The first-order chi connectivity index (χ1) is 10.0. The Morgan fingerprint density at radius 2 is 1.48 bits per heavy atom. The Hall–Kier alpha value is -2.42. The maximum absolute atomic E-state index is 12.4. The van der Waals surface area contributed by atoms with Gasteiger partial charge >= 0.3 is 0 Å². The van der Waals surface area contributed by atoms with Crippen LogP contribution in [0.3, 0.4) is 0 Å². The summed E-state index contributed by atoms with van der Waals surface area (Å²) in [6.45, 7) is 3.73. The van der Waals surface area contributed by atoms with Crippen molar-refractivity contribution in [2.24, 2.45) is 0 Å². The zero-order valence-electron chi connectivity index (χ0n) is 12.5. The van der Waals surface area contributed by atoms with E-state index in [-0.39, 0.29) is 11.7 Å². The maximum atomic E-state index is 12.4. The molecule has 1 atom stereocenters. The highest BCUT2D eigenvalue weighted by molar-refractivity contribution is 6.04. The van der Waals surface area contributed by atoms with Crippen LogP contribution in [0.4, 0.5) is 0 Å². The molecule has 0 radical (unpaired) electrons. The summed E-state index contributed by atoms with van der Waals surface area (Å²) in [4.78, 5) is 26.3. The predicted octanol–water partition coefficient (Wildman–Crippen LogP) is 3.34. The van der Waals surface area contributed by atoms with E-state index in [0.29, 0.717) is 11.1 Å². The predicted molar refractivity (Wildman–Crippen MR) is 83.5 cm³/mol. The third kappa shape index (κ3) is 3.37. The van der Waals surface area contributed by atoms with E-state index >= 15 is 0 Å². The van der Waals surface area contributed by atoms with Crippen LogP contribution in [0.1, 0.15) is 33.2 Å². The molecule has 0 spiro atoms. The zero-order chi connectivity index (χ0) is 15.4. The van der Waals surface area contributed by atoms with Crippen LogP contribution >= 0.6 is 0 Å². The minimum atomic E-state index is -0.500. The molecule has 108 valence electrons. The van der Waals surface area contributed by atoms with Crippen molar-refractivity contribution in [2.75, 3.05) is 7.05 Å². The van der Waals surface area contributed by atoms with Crippen molar-refractivity contribution in [3.63, 3.8) is 0 Å². The van der Waals surface area contributed by atoms with Gasteiger partial charge in [-0.3, -0.25) is 9.59 Å². The van der Waals surface area contributed by atoms with Gasteiger partial charge in [-0.05, 0) is 26.0 Å². The molecule has 1 amide bonds. The highest BCUT2D eigenvalue weighted by atomic mass is 16.2. The number of amides is 1. The number of rotatable bonds is 4. The molecule has 0 aromatic heterocycles. The Labute approximate surface area is 125 Å². The van der Waals surface area contributed by atoms with Gasteiger partial charge in [0.2, 0.25) is 0 Å². The fourth-order valence-electron chi connectivity index (χ4n) is 2.10. The van der Waals surface area contributed by atoms with Gasteiger partial charge in [0.1, 0.15) is 0 Å². The van der Waals surface area contributed by atoms with Gasteiger partial charge in [0.05, 0.1) is 6.04 Å². The number of hydrogen-bond acceptors (Lipinski definition) is 2. The molecule has 0 saturated heterocycles. The fraction of sp³-hybridized carbons (Fsp3) is 0.222. The van der Waals surface area contributed by atoms with Gasteiger partial charge in [0.15, 0.2) is 5.78 Å². The molecular weight excluding hydrogens is 262 g/mol. The molecule has 21 heavy (non-hydrogen) atoms. The van der Waals surface area contributed by atoms with E-state index in [1.165, 1.54) is 4.90 Å². The average molecular weight is 281 g/mol. The third-order valence-electron chi connectivity index (χ3n) is 3.64. The summed E-state index contributed by atoms with van der Waals surface area (Å²) >= 11 is 0. The molecule has 1 unspecified atom stereocenters. The minimum absolute atomic E-state index is 0.0539. The summed E-state index contributed by atoms with van der Waals surface area (Å²) in [6, 6.07) is 15.9. The zero-order valence-corrected chi connectivity index (χ0v) is 12.5.